The van der Waals surface area contributed by atoms with Gasteiger partial charge in [-0.25, -0.2) is 4.79 Å². The summed E-state index contributed by atoms with van der Waals surface area (Å²) < 4.78 is 4.75. The number of nitrogens with one attached hydrogen (secondary N) is 2. The van der Waals surface area contributed by atoms with Gasteiger partial charge in [-0.1, -0.05) is 31.4 Å². The molecule has 5 nitrogen and oxygen atoms in total. The SMILES string of the molecule is C=Cc1ccc(NC(=O)NC(=O)C(=C)COC)cc1. The van der Waals surface area contributed by atoms with E-state index < -0.39 is 11.9 Å². The van der Waals surface area contributed by atoms with Crippen LogP contribution in [0.15, 0.2) is 43.0 Å². The van der Waals surface area contributed by atoms with E-state index in [1.807, 2.05) is 0 Å². The van der Waals surface area contributed by atoms with Gasteiger partial charge in [-0.3, -0.25) is 10.1 Å². The highest BCUT2D eigenvalue weighted by atomic mass is 16.5. The van der Waals surface area contributed by atoms with Crippen molar-refractivity contribution in [1.82, 2.24) is 5.32 Å². The minimum absolute atomic E-state index is 0.0765. The molecular weight excluding hydrogens is 244 g/mol. The highest BCUT2D eigenvalue weighted by Gasteiger charge is 2.10. The van der Waals surface area contributed by atoms with E-state index >= 15 is 0 Å². The highest BCUT2D eigenvalue weighted by Crippen LogP contribution is 2.09. The molecule has 0 aliphatic carbocycles. The van der Waals surface area contributed by atoms with Crippen molar-refractivity contribution in [2.45, 2.75) is 0 Å². The van der Waals surface area contributed by atoms with Crippen LogP contribution in [0.2, 0.25) is 0 Å². The zero-order valence-electron chi connectivity index (χ0n) is 10.7. The lowest BCUT2D eigenvalue weighted by Gasteiger charge is -2.08. The summed E-state index contributed by atoms with van der Waals surface area (Å²) in [5, 5.41) is 4.69. The number of amides is 3. The smallest absolute Gasteiger partial charge is 0.326 e. The van der Waals surface area contributed by atoms with E-state index in [1.165, 1.54) is 7.11 Å². The van der Waals surface area contributed by atoms with Gasteiger partial charge < -0.3 is 10.1 Å². The zero-order chi connectivity index (χ0) is 14.3. The minimum atomic E-state index is -0.617. The molecule has 0 aromatic heterocycles. The first kappa shape index (κ1) is 14.7. The lowest BCUT2D eigenvalue weighted by molar-refractivity contribution is -0.116. The molecule has 0 saturated heterocycles. The highest BCUT2D eigenvalue weighted by molar-refractivity contribution is 6.07. The lowest BCUT2D eigenvalue weighted by atomic mass is 10.2. The maximum absolute atomic E-state index is 11.5. The molecule has 0 aliphatic heterocycles. The Kier molecular flexibility index (Phi) is 5.50. The Labute approximate surface area is 112 Å². The Morgan fingerprint density at radius 1 is 1.32 bits per heavy atom. The predicted molar refractivity (Wildman–Crippen MR) is 74.7 cm³/mol. The summed E-state index contributed by atoms with van der Waals surface area (Å²) in [5.41, 5.74) is 1.70. The Morgan fingerprint density at radius 2 is 1.95 bits per heavy atom. The van der Waals surface area contributed by atoms with E-state index in [1.54, 1.807) is 30.3 Å². The van der Waals surface area contributed by atoms with E-state index in [4.69, 9.17) is 4.74 Å². The molecule has 0 spiro atoms. The summed E-state index contributed by atoms with van der Waals surface area (Å²) >= 11 is 0. The van der Waals surface area contributed by atoms with Gasteiger partial charge in [-0.05, 0) is 17.7 Å². The first-order valence-corrected chi connectivity index (χ1v) is 5.58. The Balaban J connectivity index is 2.52. The summed E-state index contributed by atoms with van der Waals surface area (Å²) in [6.45, 7) is 7.21. The van der Waals surface area contributed by atoms with Crippen LogP contribution < -0.4 is 10.6 Å². The van der Waals surface area contributed by atoms with Gasteiger partial charge in [0, 0.05) is 18.4 Å². The molecule has 0 radical (unpaired) electrons. The molecule has 2 N–H and O–H groups in total. The van der Waals surface area contributed by atoms with Crippen molar-refractivity contribution in [2.24, 2.45) is 0 Å². The van der Waals surface area contributed by atoms with Gasteiger partial charge in [0.1, 0.15) is 0 Å². The van der Waals surface area contributed by atoms with E-state index in [-0.39, 0.29) is 12.2 Å². The normalized spacial score (nSPS) is 9.53. The fourth-order valence-corrected chi connectivity index (χ4v) is 1.30. The van der Waals surface area contributed by atoms with E-state index in [0.29, 0.717) is 5.69 Å². The molecule has 0 unspecified atom stereocenters. The first-order valence-electron chi connectivity index (χ1n) is 5.58. The van der Waals surface area contributed by atoms with Gasteiger partial charge in [0.25, 0.3) is 5.91 Å². The predicted octanol–water partition coefficient (Wildman–Crippen LogP) is 2.18. The Morgan fingerprint density at radius 3 is 2.47 bits per heavy atom. The van der Waals surface area contributed by atoms with Gasteiger partial charge in [0.15, 0.2) is 0 Å². The van der Waals surface area contributed by atoms with E-state index in [9.17, 15) is 9.59 Å². The third-order valence-electron chi connectivity index (χ3n) is 2.27. The second-order valence-electron chi connectivity index (χ2n) is 3.77. The van der Waals surface area contributed by atoms with Crippen LogP contribution in [0.5, 0.6) is 0 Å². The number of hydrogen-bond acceptors (Lipinski definition) is 3. The molecule has 1 rings (SSSR count). The zero-order valence-corrected chi connectivity index (χ0v) is 10.7. The topological polar surface area (TPSA) is 67.4 Å². The van der Waals surface area contributed by atoms with Crippen LogP contribution in [-0.2, 0) is 9.53 Å². The van der Waals surface area contributed by atoms with Crippen molar-refractivity contribution in [2.75, 3.05) is 19.0 Å². The average molecular weight is 260 g/mol. The molecule has 0 atom stereocenters. The lowest BCUT2D eigenvalue weighted by Crippen LogP contribution is -2.35. The van der Waals surface area contributed by atoms with Crippen LogP contribution in [0.3, 0.4) is 0 Å². The second-order valence-corrected chi connectivity index (χ2v) is 3.77. The van der Waals surface area contributed by atoms with Gasteiger partial charge in [-0.2, -0.15) is 0 Å². The quantitative estimate of drug-likeness (QED) is 0.797. The molecular formula is C14H16N2O3. The third-order valence-corrected chi connectivity index (χ3v) is 2.27. The van der Waals surface area contributed by atoms with Gasteiger partial charge in [-0.15, -0.1) is 0 Å². The number of ether oxygens (including phenoxy) is 1. The molecule has 1 aromatic carbocycles. The van der Waals surface area contributed by atoms with Gasteiger partial charge in [0.2, 0.25) is 0 Å². The molecule has 3 amide bonds. The average Bonchev–Trinajstić information content (AvgIpc) is 2.39. The summed E-state index contributed by atoms with van der Waals surface area (Å²) in [7, 11) is 1.44. The van der Waals surface area contributed by atoms with Crippen molar-refractivity contribution in [3.8, 4) is 0 Å². The molecule has 100 valence electrons. The number of hydrogen-bond donors (Lipinski definition) is 2. The number of rotatable bonds is 5. The number of urea groups is 1. The molecule has 0 aliphatic rings. The maximum Gasteiger partial charge on any atom is 0.326 e. The summed E-state index contributed by atoms with van der Waals surface area (Å²) in [5.74, 6) is -0.568. The van der Waals surface area contributed by atoms with Gasteiger partial charge in [0.05, 0.1) is 6.61 Å². The largest absolute Gasteiger partial charge is 0.380 e. The number of methoxy groups -OCH3 is 1. The van der Waals surface area contributed by atoms with Crippen molar-refractivity contribution in [3.63, 3.8) is 0 Å². The molecule has 0 saturated carbocycles. The fraction of sp³-hybridized carbons (Fsp3) is 0.143. The van der Waals surface area contributed by atoms with E-state index in [2.05, 4.69) is 23.8 Å². The third kappa shape index (κ3) is 4.77. The molecule has 0 heterocycles. The van der Waals surface area contributed by atoms with Crippen LogP contribution in [0.4, 0.5) is 10.5 Å². The van der Waals surface area contributed by atoms with Crippen LogP contribution >= 0.6 is 0 Å². The summed E-state index contributed by atoms with van der Waals surface area (Å²) in [6.07, 6.45) is 1.70. The van der Waals surface area contributed by atoms with Crippen LogP contribution in [-0.4, -0.2) is 25.7 Å². The van der Waals surface area contributed by atoms with E-state index in [0.717, 1.165) is 5.56 Å². The van der Waals surface area contributed by atoms with Crippen LogP contribution in [0.25, 0.3) is 6.08 Å². The molecule has 0 bridgehead atoms. The van der Waals surface area contributed by atoms with Gasteiger partial charge >= 0.3 is 6.03 Å². The number of carbonyl (C=O) groups excluding carboxylic acids is 2. The molecule has 1 aromatic rings. The van der Waals surface area contributed by atoms with Crippen molar-refractivity contribution in [1.29, 1.82) is 0 Å². The summed E-state index contributed by atoms with van der Waals surface area (Å²) in [6, 6.07) is 6.41. The minimum Gasteiger partial charge on any atom is -0.380 e. The molecule has 0 fully saturated rings. The monoisotopic (exact) mass is 260 g/mol. The van der Waals surface area contributed by atoms with Crippen LogP contribution in [0.1, 0.15) is 5.56 Å². The second kappa shape index (κ2) is 7.13. The molecule has 19 heavy (non-hydrogen) atoms. The van der Waals surface area contributed by atoms with Crippen molar-refractivity contribution >= 4 is 23.7 Å². The molecule has 5 heteroatoms. The Bertz CT molecular complexity index is 492. The van der Waals surface area contributed by atoms with Crippen molar-refractivity contribution in [3.05, 3.63) is 48.6 Å². The maximum atomic E-state index is 11.5. The fourth-order valence-electron chi connectivity index (χ4n) is 1.30. The number of benzene rings is 1. The number of anilines is 1. The van der Waals surface area contributed by atoms with Crippen molar-refractivity contribution < 1.29 is 14.3 Å². The standard InChI is InChI=1S/C14H16N2O3/c1-4-11-5-7-12(8-6-11)15-14(18)16-13(17)10(2)9-19-3/h4-8H,1-2,9H2,3H3,(H2,15,16,17,18). The Hall–Kier alpha value is -2.40. The summed E-state index contributed by atoms with van der Waals surface area (Å²) in [4.78, 5) is 23.0. The number of imide groups is 1. The van der Waals surface area contributed by atoms with Crippen LogP contribution in [0, 0.1) is 0 Å². The first-order chi connectivity index (χ1) is 9.06. The number of carbonyl (C=O) groups is 2.